The minimum Gasteiger partial charge on any atom is -0.305 e. The maximum Gasteiger partial charge on any atom is 0.179 e. The lowest BCUT2D eigenvalue weighted by atomic mass is 10.1. The summed E-state index contributed by atoms with van der Waals surface area (Å²) in [4.78, 5) is 11.6. The second-order valence-electron chi connectivity index (χ2n) is 4.65. The Morgan fingerprint density at radius 2 is 1.94 bits per heavy atom. The van der Waals surface area contributed by atoms with Gasteiger partial charge in [-0.1, -0.05) is 0 Å². The third-order valence-corrected chi connectivity index (χ3v) is 2.01. The molecule has 0 aliphatic carbocycles. The van der Waals surface area contributed by atoms with Crippen LogP contribution in [0.4, 0.5) is 8.78 Å². The van der Waals surface area contributed by atoms with Crippen LogP contribution in [0, 0.1) is 11.6 Å². The first kappa shape index (κ1) is 12.8. The van der Waals surface area contributed by atoms with E-state index in [0.717, 1.165) is 18.2 Å². The topological polar surface area (TPSA) is 29.1 Å². The van der Waals surface area contributed by atoms with Crippen molar-refractivity contribution in [3.8, 4) is 0 Å². The average molecular weight is 227 g/mol. The number of ketones is 1. The van der Waals surface area contributed by atoms with Crippen LogP contribution in [-0.4, -0.2) is 17.9 Å². The van der Waals surface area contributed by atoms with Gasteiger partial charge in [0.2, 0.25) is 0 Å². The van der Waals surface area contributed by atoms with Crippen molar-refractivity contribution >= 4 is 5.78 Å². The molecule has 0 spiro atoms. The van der Waals surface area contributed by atoms with Crippen molar-refractivity contribution in [3.05, 3.63) is 35.4 Å². The fourth-order valence-electron chi connectivity index (χ4n) is 1.15. The normalized spacial score (nSPS) is 11.6. The smallest absolute Gasteiger partial charge is 0.179 e. The summed E-state index contributed by atoms with van der Waals surface area (Å²) in [6.45, 7) is 5.66. The molecule has 2 nitrogen and oxygen atoms in total. The summed E-state index contributed by atoms with van der Waals surface area (Å²) in [5.41, 5.74) is -0.448. The van der Waals surface area contributed by atoms with Crippen LogP contribution in [0.1, 0.15) is 31.1 Å². The van der Waals surface area contributed by atoms with E-state index in [1.54, 1.807) is 0 Å². The van der Waals surface area contributed by atoms with Gasteiger partial charge in [0.25, 0.3) is 0 Å². The Bertz CT molecular complexity index is 396. The van der Waals surface area contributed by atoms with Crippen molar-refractivity contribution < 1.29 is 13.6 Å². The highest BCUT2D eigenvalue weighted by Gasteiger charge is 2.16. The second-order valence-corrected chi connectivity index (χ2v) is 4.65. The molecule has 0 bridgehead atoms. The van der Waals surface area contributed by atoms with Gasteiger partial charge in [-0.05, 0) is 39.0 Å². The summed E-state index contributed by atoms with van der Waals surface area (Å²) >= 11 is 0. The Labute approximate surface area is 93.7 Å². The molecule has 0 unspecified atom stereocenters. The number of nitrogens with one attached hydrogen (secondary N) is 1. The highest BCUT2D eigenvalue weighted by molar-refractivity contribution is 5.97. The fourth-order valence-corrected chi connectivity index (χ4v) is 1.15. The maximum absolute atomic E-state index is 13.2. The highest BCUT2D eigenvalue weighted by Crippen LogP contribution is 2.10. The molecule has 88 valence electrons. The second kappa shape index (κ2) is 4.70. The molecule has 0 aliphatic heterocycles. The Kier molecular flexibility index (Phi) is 3.75. The van der Waals surface area contributed by atoms with E-state index in [4.69, 9.17) is 0 Å². The quantitative estimate of drug-likeness (QED) is 0.804. The Morgan fingerprint density at radius 1 is 1.31 bits per heavy atom. The van der Waals surface area contributed by atoms with Gasteiger partial charge in [-0.2, -0.15) is 0 Å². The molecule has 0 amide bonds. The van der Waals surface area contributed by atoms with E-state index in [-0.39, 0.29) is 17.6 Å². The van der Waals surface area contributed by atoms with Crippen molar-refractivity contribution in [1.29, 1.82) is 0 Å². The standard InChI is InChI=1S/C12H15F2NO/c1-12(2,3)15-7-11(16)9-6-8(13)4-5-10(9)14/h4-6,15H,7H2,1-3H3. The summed E-state index contributed by atoms with van der Waals surface area (Å²) in [6, 6.07) is 2.87. The number of Topliss-reactive ketones (excluding diaryl/α,β-unsaturated/α-hetero) is 1. The predicted octanol–water partition coefficient (Wildman–Crippen LogP) is 2.54. The number of benzene rings is 1. The van der Waals surface area contributed by atoms with Crippen molar-refractivity contribution in [1.82, 2.24) is 5.32 Å². The van der Waals surface area contributed by atoms with Crippen molar-refractivity contribution in [2.75, 3.05) is 6.54 Å². The van der Waals surface area contributed by atoms with Crippen molar-refractivity contribution in [3.63, 3.8) is 0 Å². The van der Waals surface area contributed by atoms with Crippen LogP contribution < -0.4 is 5.32 Å². The molecule has 0 atom stereocenters. The first-order chi connectivity index (χ1) is 7.29. The van der Waals surface area contributed by atoms with Crippen LogP contribution in [0.25, 0.3) is 0 Å². The van der Waals surface area contributed by atoms with Crippen molar-refractivity contribution in [2.24, 2.45) is 0 Å². The predicted molar refractivity (Wildman–Crippen MR) is 58.4 cm³/mol. The summed E-state index contributed by atoms with van der Waals surface area (Å²) in [5.74, 6) is -1.76. The molecule has 0 aromatic heterocycles. The summed E-state index contributed by atoms with van der Waals surface area (Å²) in [6.07, 6.45) is 0. The number of rotatable bonds is 3. The molecule has 0 saturated carbocycles. The molecule has 1 aromatic carbocycles. The lowest BCUT2D eigenvalue weighted by Crippen LogP contribution is -2.39. The van der Waals surface area contributed by atoms with E-state index in [9.17, 15) is 13.6 Å². The van der Waals surface area contributed by atoms with Gasteiger partial charge >= 0.3 is 0 Å². The zero-order chi connectivity index (χ0) is 12.3. The molecule has 0 aliphatic rings. The van der Waals surface area contributed by atoms with Gasteiger partial charge in [0.15, 0.2) is 5.78 Å². The van der Waals surface area contributed by atoms with Gasteiger partial charge in [-0.3, -0.25) is 4.79 Å². The van der Waals surface area contributed by atoms with Crippen LogP contribution in [0.15, 0.2) is 18.2 Å². The summed E-state index contributed by atoms with van der Waals surface area (Å²) in [7, 11) is 0. The van der Waals surface area contributed by atoms with E-state index >= 15 is 0 Å². The first-order valence-corrected chi connectivity index (χ1v) is 5.03. The third kappa shape index (κ3) is 3.70. The zero-order valence-corrected chi connectivity index (χ0v) is 9.60. The number of hydrogen-bond acceptors (Lipinski definition) is 2. The van der Waals surface area contributed by atoms with Crippen LogP contribution in [-0.2, 0) is 0 Å². The SMILES string of the molecule is CC(C)(C)NCC(=O)c1cc(F)ccc1F. The summed E-state index contributed by atoms with van der Waals surface area (Å²) < 4.78 is 26.1. The van der Waals surface area contributed by atoms with Gasteiger partial charge in [0.1, 0.15) is 11.6 Å². The van der Waals surface area contributed by atoms with Gasteiger partial charge in [-0.25, -0.2) is 8.78 Å². The molecule has 0 saturated heterocycles. The highest BCUT2D eigenvalue weighted by atomic mass is 19.1. The molecule has 1 rings (SSSR count). The van der Waals surface area contributed by atoms with Crippen LogP contribution in [0.2, 0.25) is 0 Å². The Hall–Kier alpha value is -1.29. The zero-order valence-electron chi connectivity index (χ0n) is 9.60. The number of carbonyl (C=O) groups excluding carboxylic acids is 1. The monoisotopic (exact) mass is 227 g/mol. The van der Waals surface area contributed by atoms with Crippen LogP contribution in [0.3, 0.4) is 0 Å². The van der Waals surface area contributed by atoms with Gasteiger partial charge in [0.05, 0.1) is 12.1 Å². The molecular weight excluding hydrogens is 212 g/mol. The van der Waals surface area contributed by atoms with Crippen LogP contribution in [0.5, 0.6) is 0 Å². The molecule has 1 aromatic rings. The van der Waals surface area contributed by atoms with Crippen LogP contribution >= 0.6 is 0 Å². The lowest BCUT2D eigenvalue weighted by Gasteiger charge is -2.19. The first-order valence-electron chi connectivity index (χ1n) is 5.03. The lowest BCUT2D eigenvalue weighted by molar-refractivity contribution is 0.0977. The molecular formula is C12H15F2NO. The molecule has 16 heavy (non-hydrogen) atoms. The number of halogens is 2. The third-order valence-electron chi connectivity index (χ3n) is 2.01. The Balaban J connectivity index is 2.77. The molecule has 0 fully saturated rings. The largest absolute Gasteiger partial charge is 0.305 e. The van der Waals surface area contributed by atoms with E-state index < -0.39 is 17.4 Å². The van der Waals surface area contributed by atoms with Gasteiger partial charge in [0, 0.05) is 5.54 Å². The van der Waals surface area contributed by atoms with E-state index in [0.29, 0.717) is 0 Å². The summed E-state index contributed by atoms with van der Waals surface area (Å²) in [5, 5.41) is 2.93. The minimum atomic E-state index is -0.692. The molecule has 1 N–H and O–H groups in total. The maximum atomic E-state index is 13.2. The average Bonchev–Trinajstić information content (AvgIpc) is 2.17. The Morgan fingerprint density at radius 3 is 2.50 bits per heavy atom. The van der Waals surface area contributed by atoms with E-state index in [2.05, 4.69) is 5.32 Å². The van der Waals surface area contributed by atoms with Gasteiger partial charge < -0.3 is 5.32 Å². The number of carbonyl (C=O) groups is 1. The minimum absolute atomic E-state index is 0.0100. The molecule has 0 radical (unpaired) electrons. The van der Waals surface area contributed by atoms with Crippen molar-refractivity contribution in [2.45, 2.75) is 26.3 Å². The fraction of sp³-hybridized carbons (Fsp3) is 0.417. The van der Waals surface area contributed by atoms with E-state index in [1.807, 2.05) is 20.8 Å². The molecule has 0 heterocycles. The molecule has 4 heteroatoms. The van der Waals surface area contributed by atoms with E-state index in [1.165, 1.54) is 0 Å². The number of hydrogen-bond donors (Lipinski definition) is 1. The van der Waals surface area contributed by atoms with Gasteiger partial charge in [-0.15, -0.1) is 0 Å².